The monoisotopic (exact) mass is 257 g/mol. The van der Waals surface area contributed by atoms with Gasteiger partial charge in [0.2, 0.25) is 6.79 Å². The third kappa shape index (κ3) is 2.27. The fraction of sp³-hybridized carbons (Fsp3) is 0.538. The molecule has 3 nitrogen and oxygen atoms in total. The molecule has 0 amide bonds. The molecule has 0 bridgehead atoms. The van der Waals surface area contributed by atoms with E-state index in [1.54, 1.807) is 18.2 Å². The zero-order valence-electron chi connectivity index (χ0n) is 10.5. The maximum Gasteiger partial charge on any atom is 0.260 e. The van der Waals surface area contributed by atoms with E-state index in [-0.39, 0.29) is 6.79 Å². The van der Waals surface area contributed by atoms with Crippen LogP contribution in [-0.4, -0.2) is 19.8 Å². The number of benzene rings is 1. The van der Waals surface area contributed by atoms with Crippen LogP contribution >= 0.6 is 0 Å². The predicted octanol–water partition coefficient (Wildman–Crippen LogP) is 2.90. The van der Waals surface area contributed by atoms with Crippen LogP contribution in [0.5, 0.6) is 11.5 Å². The van der Waals surface area contributed by atoms with Gasteiger partial charge in [-0.1, -0.05) is 13.0 Å². The summed E-state index contributed by atoms with van der Waals surface area (Å²) in [5.41, 5.74) is -0.855. The van der Waals surface area contributed by atoms with Gasteiger partial charge in [-0.2, -0.15) is 0 Å². The molecule has 0 aliphatic carbocycles. The number of fused-ring (bicyclic) bond motifs is 1. The highest BCUT2D eigenvalue weighted by molar-refractivity contribution is 5.46. The Kier molecular flexibility index (Phi) is 3.71. The summed E-state index contributed by atoms with van der Waals surface area (Å²) < 4.78 is 37.0. The summed E-state index contributed by atoms with van der Waals surface area (Å²) in [5.74, 6) is 1.13. The highest BCUT2D eigenvalue weighted by Gasteiger charge is 2.37. The summed E-state index contributed by atoms with van der Waals surface area (Å²) in [5, 5.41) is 2.91. The zero-order valence-corrected chi connectivity index (χ0v) is 10.5. The quantitative estimate of drug-likeness (QED) is 0.879. The first-order valence-corrected chi connectivity index (χ1v) is 6.01. The summed E-state index contributed by atoms with van der Waals surface area (Å²) in [6.45, 7) is 4.13. The molecule has 1 aromatic carbocycles. The molecule has 1 unspecified atom stereocenters. The lowest BCUT2D eigenvalue weighted by atomic mass is 9.92. The van der Waals surface area contributed by atoms with Gasteiger partial charge >= 0.3 is 0 Å². The van der Waals surface area contributed by atoms with Crippen molar-refractivity contribution in [2.45, 2.75) is 32.2 Å². The van der Waals surface area contributed by atoms with Crippen molar-refractivity contribution >= 4 is 0 Å². The van der Waals surface area contributed by atoms with E-state index in [4.69, 9.17) is 9.47 Å². The van der Waals surface area contributed by atoms with Crippen molar-refractivity contribution in [2.75, 3.05) is 13.3 Å². The zero-order chi connectivity index (χ0) is 13.2. The first-order chi connectivity index (χ1) is 8.58. The molecule has 5 heteroatoms. The van der Waals surface area contributed by atoms with E-state index in [1.807, 2.05) is 6.92 Å². The van der Waals surface area contributed by atoms with E-state index in [9.17, 15) is 8.78 Å². The minimum Gasteiger partial charge on any atom is -0.454 e. The third-order valence-electron chi connectivity index (χ3n) is 3.15. The number of hydrogen-bond donors (Lipinski definition) is 1. The van der Waals surface area contributed by atoms with Gasteiger partial charge in [0.15, 0.2) is 11.5 Å². The van der Waals surface area contributed by atoms with Crippen LogP contribution in [0.3, 0.4) is 0 Å². The van der Waals surface area contributed by atoms with Gasteiger partial charge in [-0.05, 0) is 37.6 Å². The lowest BCUT2D eigenvalue weighted by molar-refractivity contribution is 0.0384. The van der Waals surface area contributed by atoms with Gasteiger partial charge in [0.25, 0.3) is 6.43 Å². The molecule has 1 aliphatic heterocycles. The van der Waals surface area contributed by atoms with Crippen molar-refractivity contribution in [3.05, 3.63) is 23.8 Å². The molecule has 1 atom stereocenters. The van der Waals surface area contributed by atoms with Crippen LogP contribution in [0.2, 0.25) is 0 Å². The van der Waals surface area contributed by atoms with Crippen LogP contribution in [0, 0.1) is 0 Å². The van der Waals surface area contributed by atoms with Gasteiger partial charge < -0.3 is 14.8 Å². The van der Waals surface area contributed by atoms with Crippen molar-refractivity contribution in [3.8, 4) is 11.5 Å². The molecule has 1 heterocycles. The Hall–Kier alpha value is -1.36. The van der Waals surface area contributed by atoms with E-state index in [1.165, 1.54) is 6.92 Å². The average molecular weight is 257 g/mol. The molecule has 0 saturated heterocycles. The number of hydrogen-bond acceptors (Lipinski definition) is 3. The van der Waals surface area contributed by atoms with E-state index >= 15 is 0 Å². The third-order valence-corrected chi connectivity index (χ3v) is 3.15. The maximum absolute atomic E-state index is 13.3. The molecule has 0 fully saturated rings. The summed E-state index contributed by atoms with van der Waals surface area (Å²) in [6, 6.07) is 4.95. The normalized spacial score (nSPS) is 16.9. The first kappa shape index (κ1) is 13.1. The molecule has 1 N–H and O–H groups in total. The largest absolute Gasteiger partial charge is 0.454 e. The minimum absolute atomic E-state index is 0.145. The Morgan fingerprint density at radius 3 is 2.72 bits per heavy atom. The molecule has 1 aliphatic rings. The Morgan fingerprint density at radius 2 is 2.06 bits per heavy atom. The van der Waals surface area contributed by atoms with E-state index in [2.05, 4.69) is 5.32 Å². The molecule has 0 spiro atoms. The van der Waals surface area contributed by atoms with Crippen LogP contribution in [0.1, 0.15) is 25.8 Å². The minimum atomic E-state index is -2.50. The molecule has 2 rings (SSSR count). The van der Waals surface area contributed by atoms with Gasteiger partial charge in [-0.3, -0.25) is 0 Å². The van der Waals surface area contributed by atoms with Crippen LogP contribution < -0.4 is 14.8 Å². The molecular formula is C13H17F2NO2. The summed E-state index contributed by atoms with van der Waals surface area (Å²) >= 11 is 0. The van der Waals surface area contributed by atoms with Gasteiger partial charge in [0.05, 0.1) is 0 Å². The molecule has 18 heavy (non-hydrogen) atoms. The van der Waals surface area contributed by atoms with Gasteiger partial charge in [-0.15, -0.1) is 0 Å². The van der Waals surface area contributed by atoms with Gasteiger partial charge in [0, 0.05) is 0 Å². The summed E-state index contributed by atoms with van der Waals surface area (Å²) in [6.07, 6.45) is -1.70. The number of ether oxygens (including phenoxy) is 2. The Labute approximate surface area is 105 Å². The standard InChI is InChI=1S/C13H17F2NO2/c1-3-6-16-13(2,12(14)15)9-4-5-10-11(7-9)18-8-17-10/h4-5,7,12,16H,3,6,8H2,1-2H3. The predicted molar refractivity (Wildman–Crippen MR) is 64.2 cm³/mol. The van der Waals surface area contributed by atoms with Crippen molar-refractivity contribution in [3.63, 3.8) is 0 Å². The number of rotatable bonds is 5. The second-order valence-corrected chi connectivity index (χ2v) is 4.50. The van der Waals surface area contributed by atoms with Crippen molar-refractivity contribution in [1.82, 2.24) is 5.32 Å². The second-order valence-electron chi connectivity index (χ2n) is 4.50. The summed E-state index contributed by atoms with van der Waals surface area (Å²) in [4.78, 5) is 0. The maximum atomic E-state index is 13.3. The lowest BCUT2D eigenvalue weighted by Crippen LogP contribution is -2.46. The average Bonchev–Trinajstić information content (AvgIpc) is 2.82. The van der Waals surface area contributed by atoms with Crippen LogP contribution in [0.15, 0.2) is 18.2 Å². The number of alkyl halides is 2. The SMILES string of the molecule is CCCNC(C)(c1ccc2c(c1)OCO2)C(F)F. The van der Waals surface area contributed by atoms with Crippen molar-refractivity contribution in [1.29, 1.82) is 0 Å². The van der Waals surface area contributed by atoms with Crippen LogP contribution in [0.25, 0.3) is 0 Å². The smallest absolute Gasteiger partial charge is 0.260 e. The molecule has 0 radical (unpaired) electrons. The Balaban J connectivity index is 2.30. The topological polar surface area (TPSA) is 30.5 Å². The van der Waals surface area contributed by atoms with Gasteiger partial charge in [0.1, 0.15) is 5.54 Å². The molecule has 0 aromatic heterocycles. The Morgan fingerprint density at radius 1 is 1.33 bits per heavy atom. The van der Waals surface area contributed by atoms with E-state index < -0.39 is 12.0 Å². The van der Waals surface area contributed by atoms with Crippen molar-refractivity contribution < 1.29 is 18.3 Å². The fourth-order valence-electron chi connectivity index (χ4n) is 1.91. The van der Waals surface area contributed by atoms with E-state index in [0.29, 0.717) is 23.6 Å². The first-order valence-electron chi connectivity index (χ1n) is 6.01. The molecular weight excluding hydrogens is 240 g/mol. The van der Waals surface area contributed by atoms with E-state index in [0.717, 1.165) is 6.42 Å². The van der Waals surface area contributed by atoms with Gasteiger partial charge in [-0.25, -0.2) is 8.78 Å². The summed E-state index contributed by atoms with van der Waals surface area (Å²) in [7, 11) is 0. The molecule has 0 saturated carbocycles. The fourth-order valence-corrected chi connectivity index (χ4v) is 1.91. The number of halogens is 2. The molecule has 100 valence electrons. The second kappa shape index (κ2) is 5.10. The lowest BCUT2D eigenvalue weighted by Gasteiger charge is -2.30. The van der Waals surface area contributed by atoms with Crippen LogP contribution in [-0.2, 0) is 5.54 Å². The highest BCUT2D eigenvalue weighted by Crippen LogP contribution is 2.37. The molecule has 1 aromatic rings. The van der Waals surface area contributed by atoms with Crippen LogP contribution in [0.4, 0.5) is 8.78 Å². The highest BCUT2D eigenvalue weighted by atomic mass is 19.3. The van der Waals surface area contributed by atoms with Crippen molar-refractivity contribution in [2.24, 2.45) is 0 Å². The Bertz CT molecular complexity index is 425. The number of nitrogens with one attached hydrogen (secondary N) is 1.